The first kappa shape index (κ1) is 14.2. The number of H-pyrrole nitrogens is 1. The van der Waals surface area contributed by atoms with Crippen LogP contribution < -0.4 is 10.6 Å². The fourth-order valence-corrected chi connectivity index (χ4v) is 1.59. The van der Waals surface area contributed by atoms with Crippen LogP contribution >= 0.6 is 0 Å². The van der Waals surface area contributed by atoms with Gasteiger partial charge < -0.3 is 26.0 Å². The van der Waals surface area contributed by atoms with Crippen molar-refractivity contribution in [2.75, 3.05) is 25.1 Å². The lowest BCUT2D eigenvalue weighted by Crippen LogP contribution is -2.58. The average Bonchev–Trinajstić information content (AvgIpc) is 2.92. The highest BCUT2D eigenvalue weighted by Gasteiger charge is 2.29. The summed E-state index contributed by atoms with van der Waals surface area (Å²) in [5.74, 6) is 0. The molecule has 1 heterocycles. The van der Waals surface area contributed by atoms with Crippen molar-refractivity contribution in [3.8, 4) is 0 Å². The minimum absolute atomic E-state index is 0.464. The number of rotatable bonds is 5. The highest BCUT2D eigenvalue weighted by molar-refractivity contribution is 5.92. The Morgan fingerprint density at radius 3 is 2.45 bits per heavy atom. The lowest BCUT2D eigenvalue weighted by atomic mass is 10.0. The van der Waals surface area contributed by atoms with Gasteiger partial charge in [-0.2, -0.15) is 15.4 Å². The van der Waals surface area contributed by atoms with Gasteiger partial charge in [0.1, 0.15) is 16.6 Å². The third kappa shape index (κ3) is 2.85. The van der Waals surface area contributed by atoms with Crippen LogP contribution in [0.4, 0.5) is 10.5 Å². The number of aromatic nitrogens is 3. The van der Waals surface area contributed by atoms with Gasteiger partial charge in [-0.15, -0.1) is 0 Å². The molecule has 20 heavy (non-hydrogen) atoms. The summed E-state index contributed by atoms with van der Waals surface area (Å²) in [6.45, 7) is -1.76. The molecule has 0 atom stereocenters. The van der Waals surface area contributed by atoms with Gasteiger partial charge in [-0.3, -0.25) is 0 Å². The molecule has 2 amide bonds. The van der Waals surface area contributed by atoms with E-state index in [4.69, 9.17) is 15.3 Å². The van der Waals surface area contributed by atoms with Gasteiger partial charge in [-0.25, -0.2) is 4.79 Å². The lowest BCUT2D eigenvalue weighted by molar-refractivity contribution is 0.0507. The number of fused-ring (bicyclic) bond motifs is 1. The molecule has 2 rings (SSSR count). The van der Waals surface area contributed by atoms with E-state index in [1.807, 2.05) is 0 Å². The molecule has 6 N–H and O–H groups in total. The average molecular weight is 281 g/mol. The largest absolute Gasteiger partial charge is 0.394 e. The Balaban J connectivity index is 2.07. The Kier molecular flexibility index (Phi) is 4.13. The Hall–Kier alpha value is -2.23. The number of aromatic amines is 1. The molecule has 0 aliphatic heterocycles. The molecule has 0 spiro atoms. The molecule has 0 fully saturated rings. The number of aliphatic hydroxyl groups is 3. The second kappa shape index (κ2) is 5.82. The molecule has 0 saturated heterocycles. The summed E-state index contributed by atoms with van der Waals surface area (Å²) in [5.41, 5.74) is 0.237. The second-order valence-corrected chi connectivity index (χ2v) is 4.36. The topological polar surface area (TPSA) is 143 Å². The van der Waals surface area contributed by atoms with E-state index in [9.17, 15) is 4.79 Å². The molecule has 0 unspecified atom stereocenters. The maximum absolute atomic E-state index is 11.8. The number of hydrogen-bond acceptors (Lipinski definition) is 6. The van der Waals surface area contributed by atoms with E-state index >= 15 is 0 Å². The first-order valence-corrected chi connectivity index (χ1v) is 5.85. The van der Waals surface area contributed by atoms with Gasteiger partial charge in [0.05, 0.1) is 19.8 Å². The van der Waals surface area contributed by atoms with Crippen molar-refractivity contribution in [3.05, 3.63) is 18.2 Å². The van der Waals surface area contributed by atoms with Crippen molar-refractivity contribution in [2.45, 2.75) is 5.54 Å². The number of anilines is 1. The van der Waals surface area contributed by atoms with Crippen LogP contribution in [0, 0.1) is 0 Å². The third-order valence-corrected chi connectivity index (χ3v) is 2.86. The summed E-state index contributed by atoms with van der Waals surface area (Å²) in [6, 6.07) is 4.25. The quantitative estimate of drug-likeness (QED) is 0.406. The molecular formula is C11H15N5O4. The van der Waals surface area contributed by atoms with Crippen LogP contribution in [-0.4, -0.2) is 62.1 Å². The maximum atomic E-state index is 11.8. The molecule has 0 bridgehead atoms. The maximum Gasteiger partial charge on any atom is 0.319 e. The van der Waals surface area contributed by atoms with E-state index in [0.717, 1.165) is 0 Å². The number of aliphatic hydroxyl groups excluding tert-OH is 3. The van der Waals surface area contributed by atoms with Crippen molar-refractivity contribution in [1.82, 2.24) is 20.7 Å². The van der Waals surface area contributed by atoms with Crippen LogP contribution in [0.25, 0.3) is 11.0 Å². The first-order valence-electron chi connectivity index (χ1n) is 5.85. The second-order valence-electron chi connectivity index (χ2n) is 4.36. The number of nitrogens with zero attached hydrogens (tertiary/aromatic N) is 2. The van der Waals surface area contributed by atoms with E-state index in [1.165, 1.54) is 0 Å². The normalized spacial score (nSPS) is 11.6. The zero-order valence-electron chi connectivity index (χ0n) is 10.5. The Bertz CT molecular complexity index is 587. The van der Waals surface area contributed by atoms with E-state index in [1.54, 1.807) is 18.2 Å². The summed E-state index contributed by atoms with van der Waals surface area (Å²) in [7, 11) is 0. The number of carbonyl (C=O) groups excluding carboxylic acids is 1. The van der Waals surface area contributed by atoms with Gasteiger partial charge in [-0.05, 0) is 18.2 Å². The summed E-state index contributed by atoms with van der Waals surface area (Å²) in [5, 5.41) is 42.4. The van der Waals surface area contributed by atoms with Crippen molar-refractivity contribution < 1.29 is 20.1 Å². The van der Waals surface area contributed by atoms with Gasteiger partial charge >= 0.3 is 6.03 Å². The standard InChI is InChI=1S/C11H15N5O4/c17-4-11(5-18,6-19)13-10(20)12-7-1-2-8-9(3-7)15-16-14-8/h1-3,17-19H,4-6H2,(H2,12,13,20)(H,14,15,16). The van der Waals surface area contributed by atoms with Crippen LogP contribution in [0.15, 0.2) is 18.2 Å². The Morgan fingerprint density at radius 2 is 1.80 bits per heavy atom. The molecule has 0 aliphatic carbocycles. The molecule has 2 aromatic rings. The number of urea groups is 1. The number of amides is 2. The molecule has 0 radical (unpaired) electrons. The Labute approximate surface area is 113 Å². The highest BCUT2D eigenvalue weighted by Crippen LogP contribution is 2.15. The number of benzene rings is 1. The van der Waals surface area contributed by atoms with Crippen molar-refractivity contribution in [1.29, 1.82) is 0 Å². The first-order chi connectivity index (χ1) is 9.62. The third-order valence-electron chi connectivity index (χ3n) is 2.86. The zero-order chi connectivity index (χ0) is 14.6. The summed E-state index contributed by atoms with van der Waals surface area (Å²) in [6.07, 6.45) is 0. The fourth-order valence-electron chi connectivity index (χ4n) is 1.59. The number of carbonyl (C=O) groups is 1. The zero-order valence-corrected chi connectivity index (χ0v) is 10.5. The molecule has 9 heteroatoms. The van der Waals surface area contributed by atoms with Crippen LogP contribution in [-0.2, 0) is 0 Å². The van der Waals surface area contributed by atoms with E-state index in [0.29, 0.717) is 16.7 Å². The molecule has 1 aromatic carbocycles. The van der Waals surface area contributed by atoms with Crippen LogP contribution in [0.3, 0.4) is 0 Å². The SMILES string of the molecule is O=C(Nc1ccc2n[nH]nc2c1)NC(CO)(CO)CO. The fraction of sp³-hybridized carbons (Fsp3) is 0.364. The smallest absolute Gasteiger partial charge is 0.319 e. The van der Waals surface area contributed by atoms with Gasteiger partial charge in [0.25, 0.3) is 0 Å². The van der Waals surface area contributed by atoms with Gasteiger partial charge in [0, 0.05) is 5.69 Å². The van der Waals surface area contributed by atoms with Crippen LogP contribution in [0.2, 0.25) is 0 Å². The molecule has 1 aromatic heterocycles. The highest BCUT2D eigenvalue weighted by atomic mass is 16.3. The number of hydrogen-bond donors (Lipinski definition) is 6. The molecule has 9 nitrogen and oxygen atoms in total. The van der Waals surface area contributed by atoms with Crippen LogP contribution in [0.1, 0.15) is 0 Å². The molecule has 0 saturated carbocycles. The summed E-state index contributed by atoms with van der Waals surface area (Å²) < 4.78 is 0. The van der Waals surface area contributed by atoms with E-state index in [2.05, 4.69) is 26.0 Å². The lowest BCUT2D eigenvalue weighted by Gasteiger charge is -2.28. The molecular weight excluding hydrogens is 266 g/mol. The van der Waals surface area contributed by atoms with Crippen LogP contribution in [0.5, 0.6) is 0 Å². The molecule has 0 aliphatic rings. The Morgan fingerprint density at radius 1 is 1.15 bits per heavy atom. The van der Waals surface area contributed by atoms with E-state index in [-0.39, 0.29) is 0 Å². The molecule has 108 valence electrons. The van der Waals surface area contributed by atoms with Gasteiger partial charge in [-0.1, -0.05) is 0 Å². The summed E-state index contributed by atoms with van der Waals surface area (Å²) >= 11 is 0. The van der Waals surface area contributed by atoms with Gasteiger partial charge in [0.15, 0.2) is 0 Å². The van der Waals surface area contributed by atoms with E-state index < -0.39 is 31.4 Å². The predicted molar refractivity (Wildman–Crippen MR) is 70.0 cm³/mol. The van der Waals surface area contributed by atoms with Crippen molar-refractivity contribution >= 4 is 22.8 Å². The monoisotopic (exact) mass is 281 g/mol. The predicted octanol–water partition coefficient (Wildman–Crippen LogP) is -1.20. The summed E-state index contributed by atoms with van der Waals surface area (Å²) in [4.78, 5) is 11.8. The van der Waals surface area contributed by atoms with Crippen molar-refractivity contribution in [3.63, 3.8) is 0 Å². The van der Waals surface area contributed by atoms with Gasteiger partial charge in [0.2, 0.25) is 0 Å². The number of nitrogens with one attached hydrogen (secondary N) is 3. The minimum atomic E-state index is -1.47. The minimum Gasteiger partial charge on any atom is -0.394 e. The van der Waals surface area contributed by atoms with Crippen molar-refractivity contribution in [2.24, 2.45) is 0 Å².